The van der Waals surface area contributed by atoms with Crippen LogP contribution in [0.3, 0.4) is 0 Å². The highest BCUT2D eigenvalue weighted by molar-refractivity contribution is 7.86. The minimum absolute atomic E-state index is 0.401. The van der Waals surface area contributed by atoms with Crippen LogP contribution in [-0.2, 0) is 16.8 Å². The topological polar surface area (TPSA) is 92.7 Å². The molecule has 22 heavy (non-hydrogen) atoms. The molecule has 1 aromatic heterocycles. The Bertz CT molecular complexity index is 722. The van der Waals surface area contributed by atoms with E-state index >= 15 is 0 Å². The zero-order chi connectivity index (χ0) is 15.6. The number of nitrogens with zero attached hydrogens (tertiary/aromatic N) is 3. The largest absolute Gasteiger partial charge is 0.359 e. The van der Waals surface area contributed by atoms with E-state index in [0.717, 1.165) is 17.0 Å². The Hall–Kier alpha value is -1.74. The normalized spacial score (nSPS) is 17.7. The van der Waals surface area contributed by atoms with Gasteiger partial charge in [-0.2, -0.15) is 12.7 Å². The fourth-order valence-corrected chi connectivity index (χ4v) is 3.17. The Balaban J connectivity index is 1.60. The molecular formula is C14H18N4O3S. The minimum atomic E-state index is -3.58. The molecule has 0 bridgehead atoms. The lowest BCUT2D eigenvalue weighted by Crippen LogP contribution is -2.50. The van der Waals surface area contributed by atoms with Gasteiger partial charge in [0.1, 0.15) is 5.69 Å². The first kappa shape index (κ1) is 15.2. The fraction of sp³-hybridized carbons (Fsp3) is 0.357. The van der Waals surface area contributed by atoms with Crippen molar-refractivity contribution in [2.24, 2.45) is 5.14 Å². The first-order valence-corrected chi connectivity index (χ1v) is 8.54. The van der Waals surface area contributed by atoms with E-state index in [-0.39, 0.29) is 0 Å². The average molecular weight is 322 g/mol. The predicted molar refractivity (Wildman–Crippen MR) is 81.9 cm³/mol. The van der Waals surface area contributed by atoms with E-state index in [1.54, 1.807) is 0 Å². The molecule has 1 aliphatic heterocycles. The third-order valence-electron chi connectivity index (χ3n) is 3.70. The van der Waals surface area contributed by atoms with Crippen LogP contribution in [-0.4, -0.2) is 49.0 Å². The lowest BCUT2D eigenvalue weighted by molar-refractivity contribution is 0.166. The highest BCUT2D eigenvalue weighted by Gasteiger charge is 2.24. The van der Waals surface area contributed by atoms with Gasteiger partial charge in [0.15, 0.2) is 5.76 Å². The van der Waals surface area contributed by atoms with E-state index in [0.29, 0.717) is 32.7 Å². The summed E-state index contributed by atoms with van der Waals surface area (Å²) in [5.41, 5.74) is 1.82. The zero-order valence-electron chi connectivity index (χ0n) is 12.1. The number of nitrogens with two attached hydrogens (primary N) is 1. The highest BCUT2D eigenvalue weighted by atomic mass is 32.2. The second kappa shape index (κ2) is 6.17. The summed E-state index contributed by atoms with van der Waals surface area (Å²) in [5.74, 6) is 0.767. The zero-order valence-corrected chi connectivity index (χ0v) is 12.9. The van der Waals surface area contributed by atoms with Crippen molar-refractivity contribution in [1.29, 1.82) is 0 Å². The number of hydrogen-bond acceptors (Lipinski definition) is 5. The van der Waals surface area contributed by atoms with Crippen LogP contribution in [0.5, 0.6) is 0 Å². The standard InChI is InChI=1S/C14H18N4O3S/c15-22(19,20)18-8-6-17(7-9-18)11-13-10-14(16-21-13)12-4-2-1-3-5-12/h1-5,10H,6-9,11H2,(H2,15,19,20). The molecule has 118 valence electrons. The quantitative estimate of drug-likeness (QED) is 0.893. The molecule has 0 radical (unpaired) electrons. The van der Waals surface area contributed by atoms with Crippen molar-refractivity contribution in [3.05, 3.63) is 42.2 Å². The van der Waals surface area contributed by atoms with Gasteiger partial charge >= 0.3 is 0 Å². The van der Waals surface area contributed by atoms with Crippen LogP contribution in [0, 0.1) is 0 Å². The van der Waals surface area contributed by atoms with Crippen molar-refractivity contribution < 1.29 is 12.9 Å². The maximum absolute atomic E-state index is 11.3. The molecule has 1 fully saturated rings. The molecule has 1 saturated heterocycles. The maximum Gasteiger partial charge on any atom is 0.276 e. The first-order chi connectivity index (χ1) is 10.5. The minimum Gasteiger partial charge on any atom is -0.359 e. The average Bonchev–Trinajstić information content (AvgIpc) is 2.96. The van der Waals surface area contributed by atoms with E-state index in [4.69, 9.17) is 9.66 Å². The molecule has 0 saturated carbocycles. The van der Waals surface area contributed by atoms with Crippen molar-refractivity contribution in [1.82, 2.24) is 14.4 Å². The Labute approximate surface area is 129 Å². The van der Waals surface area contributed by atoms with Gasteiger partial charge in [-0.25, -0.2) is 5.14 Å². The van der Waals surface area contributed by atoms with Crippen LogP contribution in [0.4, 0.5) is 0 Å². The Morgan fingerprint density at radius 3 is 2.45 bits per heavy atom. The van der Waals surface area contributed by atoms with Crippen LogP contribution in [0.2, 0.25) is 0 Å². The molecule has 0 amide bonds. The van der Waals surface area contributed by atoms with Crippen molar-refractivity contribution in [3.8, 4) is 11.3 Å². The molecule has 3 rings (SSSR count). The van der Waals surface area contributed by atoms with Crippen molar-refractivity contribution >= 4 is 10.2 Å². The second-order valence-electron chi connectivity index (χ2n) is 5.26. The number of piperazine rings is 1. The molecular weight excluding hydrogens is 304 g/mol. The highest BCUT2D eigenvalue weighted by Crippen LogP contribution is 2.19. The van der Waals surface area contributed by atoms with Crippen molar-refractivity contribution in [3.63, 3.8) is 0 Å². The fourth-order valence-electron chi connectivity index (χ4n) is 2.49. The van der Waals surface area contributed by atoms with E-state index in [2.05, 4.69) is 10.1 Å². The summed E-state index contributed by atoms with van der Waals surface area (Å²) in [6.07, 6.45) is 0. The van der Waals surface area contributed by atoms with Crippen LogP contribution in [0.1, 0.15) is 5.76 Å². The number of benzene rings is 1. The Morgan fingerprint density at radius 1 is 1.14 bits per heavy atom. The van der Waals surface area contributed by atoms with E-state index in [1.165, 1.54) is 4.31 Å². The van der Waals surface area contributed by atoms with E-state index in [9.17, 15) is 8.42 Å². The molecule has 8 heteroatoms. The summed E-state index contributed by atoms with van der Waals surface area (Å²) in [7, 11) is -3.58. The summed E-state index contributed by atoms with van der Waals surface area (Å²) in [6.45, 7) is 2.66. The number of rotatable bonds is 4. The number of aromatic nitrogens is 1. The van der Waals surface area contributed by atoms with Gasteiger partial charge in [0, 0.05) is 37.8 Å². The predicted octanol–water partition coefficient (Wildman–Crippen LogP) is 0.663. The van der Waals surface area contributed by atoms with Gasteiger partial charge in [0.05, 0.1) is 6.54 Å². The molecule has 2 aromatic rings. The molecule has 2 heterocycles. The van der Waals surface area contributed by atoms with Crippen molar-refractivity contribution in [2.75, 3.05) is 26.2 Å². The first-order valence-electron chi connectivity index (χ1n) is 7.03. The van der Waals surface area contributed by atoms with Gasteiger partial charge in [-0.3, -0.25) is 4.90 Å². The van der Waals surface area contributed by atoms with Gasteiger partial charge in [-0.1, -0.05) is 35.5 Å². The SMILES string of the molecule is NS(=O)(=O)N1CCN(Cc2cc(-c3ccccc3)no2)CC1. The third kappa shape index (κ3) is 3.53. The molecule has 0 aliphatic carbocycles. The molecule has 0 spiro atoms. The molecule has 7 nitrogen and oxygen atoms in total. The van der Waals surface area contributed by atoms with Gasteiger partial charge in [-0.05, 0) is 0 Å². The Kier molecular flexibility index (Phi) is 4.25. The molecule has 1 aromatic carbocycles. The molecule has 0 atom stereocenters. The van der Waals surface area contributed by atoms with Gasteiger partial charge in [0.2, 0.25) is 0 Å². The summed E-state index contributed by atoms with van der Waals surface area (Å²) >= 11 is 0. The van der Waals surface area contributed by atoms with Crippen LogP contribution in [0.15, 0.2) is 40.9 Å². The smallest absolute Gasteiger partial charge is 0.276 e. The van der Waals surface area contributed by atoms with Gasteiger partial charge < -0.3 is 4.52 Å². The van der Waals surface area contributed by atoms with Gasteiger partial charge in [-0.15, -0.1) is 0 Å². The van der Waals surface area contributed by atoms with Crippen LogP contribution < -0.4 is 5.14 Å². The number of hydrogen-bond donors (Lipinski definition) is 1. The lowest BCUT2D eigenvalue weighted by atomic mass is 10.1. The Morgan fingerprint density at radius 2 is 1.82 bits per heavy atom. The summed E-state index contributed by atoms with van der Waals surface area (Å²) < 4.78 is 29.2. The molecule has 2 N–H and O–H groups in total. The monoisotopic (exact) mass is 322 g/mol. The van der Waals surface area contributed by atoms with E-state index < -0.39 is 10.2 Å². The summed E-state index contributed by atoms with van der Waals surface area (Å²) in [5, 5.41) is 9.21. The lowest BCUT2D eigenvalue weighted by Gasteiger charge is -2.32. The summed E-state index contributed by atoms with van der Waals surface area (Å²) in [4.78, 5) is 2.12. The van der Waals surface area contributed by atoms with Gasteiger partial charge in [0.25, 0.3) is 10.2 Å². The molecule has 1 aliphatic rings. The van der Waals surface area contributed by atoms with Crippen molar-refractivity contribution in [2.45, 2.75) is 6.54 Å². The maximum atomic E-state index is 11.3. The summed E-state index contributed by atoms with van der Waals surface area (Å²) in [6, 6.07) is 11.7. The van der Waals surface area contributed by atoms with Crippen LogP contribution >= 0.6 is 0 Å². The van der Waals surface area contributed by atoms with E-state index in [1.807, 2.05) is 36.4 Å². The molecule has 0 unspecified atom stereocenters. The van der Waals surface area contributed by atoms with Crippen LogP contribution in [0.25, 0.3) is 11.3 Å². The third-order valence-corrected chi connectivity index (χ3v) is 4.78. The second-order valence-corrected chi connectivity index (χ2v) is 6.81.